The molecule has 1 heterocycles. The van der Waals surface area contributed by atoms with Gasteiger partial charge >= 0.3 is 0 Å². The maximum absolute atomic E-state index is 6.36. The fourth-order valence-electron chi connectivity index (χ4n) is 2.49. The first kappa shape index (κ1) is 15.6. The zero-order valence-corrected chi connectivity index (χ0v) is 13.2. The van der Waals surface area contributed by atoms with E-state index in [0.717, 1.165) is 55.5 Å². The summed E-state index contributed by atoms with van der Waals surface area (Å²) in [5.74, 6) is 0. The Labute approximate surface area is 127 Å². The topological polar surface area (TPSA) is 35.7 Å². The van der Waals surface area contributed by atoms with Crippen molar-refractivity contribution < 1.29 is 0 Å². The van der Waals surface area contributed by atoms with Gasteiger partial charge in [0, 0.05) is 45.8 Å². The predicted octanol–water partition coefficient (Wildman–Crippen LogP) is 1.48. The molecular weight excluding hydrogens is 272 g/mol. The van der Waals surface area contributed by atoms with Crippen molar-refractivity contribution in [1.82, 2.24) is 9.80 Å². The highest BCUT2D eigenvalue weighted by atomic mass is 35.5. The van der Waals surface area contributed by atoms with Crippen LogP contribution in [0.4, 0.5) is 5.69 Å². The summed E-state index contributed by atoms with van der Waals surface area (Å²) in [6.45, 7) is 7.07. The Morgan fingerprint density at radius 3 is 2.45 bits per heavy atom. The van der Waals surface area contributed by atoms with Crippen LogP contribution in [0.3, 0.4) is 0 Å². The molecule has 1 aromatic rings. The second-order valence-corrected chi connectivity index (χ2v) is 6.03. The molecule has 1 fully saturated rings. The zero-order chi connectivity index (χ0) is 14.5. The molecule has 0 amide bonds. The van der Waals surface area contributed by atoms with Gasteiger partial charge in [-0.2, -0.15) is 0 Å². The fraction of sp³-hybridized carbons (Fsp3) is 0.600. The van der Waals surface area contributed by atoms with Crippen molar-refractivity contribution in [3.63, 3.8) is 0 Å². The molecule has 0 atom stereocenters. The molecule has 0 bridgehead atoms. The van der Waals surface area contributed by atoms with Gasteiger partial charge in [-0.1, -0.05) is 17.7 Å². The van der Waals surface area contributed by atoms with Crippen LogP contribution in [-0.2, 0) is 6.54 Å². The van der Waals surface area contributed by atoms with E-state index in [-0.39, 0.29) is 0 Å². The van der Waals surface area contributed by atoms with Crippen molar-refractivity contribution >= 4 is 17.3 Å². The standard InChI is InChI=1S/C15H25ClN4/c1-18(2)5-6-19-7-9-20(10-8-19)15-4-3-13(12-17)11-14(15)16/h3-4,11H,5-10,12,17H2,1-2H3. The smallest absolute Gasteiger partial charge is 0.0642 e. The Bertz CT molecular complexity index is 428. The molecule has 0 unspecified atom stereocenters. The van der Waals surface area contributed by atoms with E-state index in [9.17, 15) is 0 Å². The number of rotatable bonds is 5. The van der Waals surface area contributed by atoms with Gasteiger partial charge in [0.2, 0.25) is 0 Å². The third-order valence-electron chi connectivity index (χ3n) is 3.82. The number of likely N-dealkylation sites (N-methyl/N-ethyl adjacent to an activating group) is 1. The van der Waals surface area contributed by atoms with E-state index >= 15 is 0 Å². The summed E-state index contributed by atoms with van der Waals surface area (Å²) in [6, 6.07) is 6.15. The van der Waals surface area contributed by atoms with Crippen LogP contribution < -0.4 is 10.6 Å². The monoisotopic (exact) mass is 296 g/mol. The molecule has 2 N–H and O–H groups in total. The number of nitrogens with two attached hydrogens (primary N) is 1. The van der Waals surface area contributed by atoms with Gasteiger partial charge in [0.05, 0.1) is 10.7 Å². The third-order valence-corrected chi connectivity index (χ3v) is 4.13. The minimum Gasteiger partial charge on any atom is -0.368 e. The molecule has 0 saturated carbocycles. The molecule has 1 aromatic carbocycles. The van der Waals surface area contributed by atoms with Crippen molar-refractivity contribution in [2.45, 2.75) is 6.54 Å². The molecule has 1 aliphatic rings. The average molecular weight is 297 g/mol. The van der Waals surface area contributed by atoms with Gasteiger partial charge in [0.15, 0.2) is 0 Å². The lowest BCUT2D eigenvalue weighted by Gasteiger charge is -2.37. The van der Waals surface area contributed by atoms with Gasteiger partial charge in [-0.15, -0.1) is 0 Å². The molecule has 4 nitrogen and oxygen atoms in total. The van der Waals surface area contributed by atoms with Crippen LogP contribution in [0.15, 0.2) is 18.2 Å². The van der Waals surface area contributed by atoms with Crippen LogP contribution in [0, 0.1) is 0 Å². The number of hydrogen-bond acceptors (Lipinski definition) is 4. The molecule has 0 aliphatic carbocycles. The zero-order valence-electron chi connectivity index (χ0n) is 12.5. The fourth-order valence-corrected chi connectivity index (χ4v) is 2.81. The number of halogens is 1. The first-order valence-electron chi connectivity index (χ1n) is 7.20. The second kappa shape index (κ2) is 7.27. The Morgan fingerprint density at radius 1 is 1.20 bits per heavy atom. The summed E-state index contributed by atoms with van der Waals surface area (Å²) in [4.78, 5) is 7.11. The molecule has 1 saturated heterocycles. The molecule has 2 rings (SSSR count). The van der Waals surface area contributed by atoms with E-state index in [0.29, 0.717) is 6.54 Å². The van der Waals surface area contributed by atoms with Crippen LogP contribution in [0.1, 0.15) is 5.56 Å². The molecule has 5 heteroatoms. The average Bonchev–Trinajstić information content (AvgIpc) is 2.45. The van der Waals surface area contributed by atoms with E-state index in [1.807, 2.05) is 6.07 Å². The summed E-state index contributed by atoms with van der Waals surface area (Å²) in [7, 11) is 4.24. The SMILES string of the molecule is CN(C)CCN1CCN(c2ccc(CN)cc2Cl)CC1. The van der Waals surface area contributed by atoms with Crippen molar-refractivity contribution in [1.29, 1.82) is 0 Å². The minimum atomic E-state index is 0.540. The molecular formula is C15H25ClN4. The molecule has 0 aromatic heterocycles. The van der Waals surface area contributed by atoms with Crippen molar-refractivity contribution in [3.8, 4) is 0 Å². The van der Waals surface area contributed by atoms with Gasteiger partial charge in [0.1, 0.15) is 0 Å². The number of hydrogen-bond donors (Lipinski definition) is 1. The van der Waals surface area contributed by atoms with Gasteiger partial charge < -0.3 is 15.5 Å². The minimum absolute atomic E-state index is 0.540. The largest absolute Gasteiger partial charge is 0.368 e. The van der Waals surface area contributed by atoms with E-state index in [1.165, 1.54) is 0 Å². The Morgan fingerprint density at radius 2 is 1.90 bits per heavy atom. The molecule has 0 spiro atoms. The lowest BCUT2D eigenvalue weighted by Crippen LogP contribution is -2.48. The Kier molecular flexibility index (Phi) is 5.66. The quantitative estimate of drug-likeness (QED) is 0.893. The third kappa shape index (κ3) is 4.09. The highest BCUT2D eigenvalue weighted by molar-refractivity contribution is 6.33. The molecule has 1 aliphatic heterocycles. The number of piperazine rings is 1. The van der Waals surface area contributed by atoms with E-state index in [2.05, 4.69) is 40.9 Å². The van der Waals surface area contributed by atoms with Crippen LogP contribution in [-0.4, -0.2) is 63.2 Å². The van der Waals surface area contributed by atoms with E-state index in [4.69, 9.17) is 17.3 Å². The summed E-state index contributed by atoms with van der Waals surface area (Å²) in [5, 5.41) is 0.815. The van der Waals surface area contributed by atoms with Crippen molar-refractivity contribution in [2.75, 3.05) is 58.3 Å². The highest BCUT2D eigenvalue weighted by Crippen LogP contribution is 2.27. The summed E-state index contributed by atoms with van der Waals surface area (Å²) >= 11 is 6.36. The van der Waals surface area contributed by atoms with Crippen molar-refractivity contribution in [2.24, 2.45) is 5.73 Å². The number of anilines is 1. The molecule has 0 radical (unpaired) electrons. The number of benzene rings is 1. The van der Waals surface area contributed by atoms with E-state index in [1.54, 1.807) is 0 Å². The van der Waals surface area contributed by atoms with Gasteiger partial charge in [-0.25, -0.2) is 0 Å². The first-order valence-corrected chi connectivity index (χ1v) is 7.58. The van der Waals surface area contributed by atoms with Gasteiger partial charge in [0.25, 0.3) is 0 Å². The lowest BCUT2D eigenvalue weighted by molar-refractivity contribution is 0.229. The second-order valence-electron chi connectivity index (χ2n) is 5.62. The molecule has 20 heavy (non-hydrogen) atoms. The van der Waals surface area contributed by atoms with Crippen molar-refractivity contribution in [3.05, 3.63) is 28.8 Å². The molecule has 112 valence electrons. The van der Waals surface area contributed by atoms with Crippen LogP contribution in [0.25, 0.3) is 0 Å². The Balaban J connectivity index is 1.90. The normalized spacial score (nSPS) is 16.9. The maximum atomic E-state index is 6.36. The van der Waals surface area contributed by atoms with Crippen LogP contribution in [0.2, 0.25) is 5.02 Å². The van der Waals surface area contributed by atoms with E-state index < -0.39 is 0 Å². The van der Waals surface area contributed by atoms with Gasteiger partial charge in [-0.3, -0.25) is 4.90 Å². The highest BCUT2D eigenvalue weighted by Gasteiger charge is 2.18. The summed E-state index contributed by atoms with van der Waals surface area (Å²) in [6.07, 6.45) is 0. The summed E-state index contributed by atoms with van der Waals surface area (Å²) < 4.78 is 0. The van der Waals surface area contributed by atoms with Gasteiger partial charge in [-0.05, 0) is 31.8 Å². The van der Waals surface area contributed by atoms with Crippen LogP contribution in [0.5, 0.6) is 0 Å². The predicted molar refractivity (Wildman–Crippen MR) is 86.6 cm³/mol. The first-order chi connectivity index (χ1) is 9.60. The lowest BCUT2D eigenvalue weighted by atomic mass is 10.1. The van der Waals surface area contributed by atoms with Crippen LogP contribution >= 0.6 is 11.6 Å². The maximum Gasteiger partial charge on any atom is 0.0642 e. The Hall–Kier alpha value is -0.810. The number of nitrogens with zero attached hydrogens (tertiary/aromatic N) is 3. The summed E-state index contributed by atoms with van der Waals surface area (Å²) in [5.41, 5.74) is 7.86.